The third-order valence-corrected chi connectivity index (χ3v) is 5.30. The Kier molecular flexibility index (Phi) is 4.17. The van der Waals surface area contributed by atoms with Crippen molar-refractivity contribution in [3.8, 4) is 0 Å². The fourth-order valence-electron chi connectivity index (χ4n) is 1.86. The number of hydrogen-bond acceptors (Lipinski definition) is 4. The lowest BCUT2D eigenvalue weighted by Gasteiger charge is -2.05. The van der Waals surface area contributed by atoms with Crippen LogP contribution in [0.3, 0.4) is 0 Å². The fraction of sp³-hybridized carbons (Fsp3) is 0.143. The van der Waals surface area contributed by atoms with E-state index in [4.69, 9.17) is 23.2 Å². The van der Waals surface area contributed by atoms with Crippen molar-refractivity contribution in [2.24, 2.45) is 0 Å². The number of rotatable bonds is 3. The molecule has 0 saturated carbocycles. The first kappa shape index (κ1) is 14.1. The molecule has 2 heterocycles. The summed E-state index contributed by atoms with van der Waals surface area (Å²) in [4.78, 5) is 10.7. The third-order valence-electron chi connectivity index (χ3n) is 2.78. The molecule has 1 aromatic carbocycles. The maximum absolute atomic E-state index is 6.17. The van der Waals surface area contributed by atoms with Gasteiger partial charge in [0.1, 0.15) is 9.86 Å². The van der Waals surface area contributed by atoms with E-state index in [1.165, 1.54) is 4.88 Å². The summed E-state index contributed by atoms with van der Waals surface area (Å²) in [5, 5.41) is 3.04. The second kappa shape index (κ2) is 5.90. The highest BCUT2D eigenvalue weighted by atomic mass is 35.5. The first-order valence-corrected chi connectivity index (χ1v) is 8.49. The molecular weight excluding hydrogens is 331 g/mol. The van der Waals surface area contributed by atoms with Crippen molar-refractivity contribution in [2.45, 2.75) is 17.7 Å². The first-order valence-electron chi connectivity index (χ1n) is 5.93. The molecule has 0 aliphatic rings. The van der Waals surface area contributed by atoms with Crippen LogP contribution in [-0.4, -0.2) is 9.97 Å². The number of fused-ring (bicyclic) bond motifs is 1. The van der Waals surface area contributed by atoms with E-state index in [0.717, 1.165) is 31.6 Å². The SMILES string of the molecule is Cc1cc2c(SCc3ccccc3Cl)nc(Cl)nc2s1. The van der Waals surface area contributed by atoms with Crippen molar-refractivity contribution in [1.82, 2.24) is 9.97 Å². The third kappa shape index (κ3) is 2.93. The zero-order valence-electron chi connectivity index (χ0n) is 10.6. The van der Waals surface area contributed by atoms with Crippen molar-refractivity contribution in [3.63, 3.8) is 0 Å². The van der Waals surface area contributed by atoms with Gasteiger partial charge in [0.05, 0.1) is 0 Å². The highest BCUT2D eigenvalue weighted by Gasteiger charge is 2.11. The van der Waals surface area contributed by atoms with Gasteiger partial charge in [0, 0.05) is 21.0 Å². The summed E-state index contributed by atoms with van der Waals surface area (Å²) in [5.74, 6) is 0.761. The number of nitrogens with zero attached hydrogens (tertiary/aromatic N) is 2. The maximum Gasteiger partial charge on any atom is 0.224 e. The second-order valence-electron chi connectivity index (χ2n) is 4.25. The van der Waals surface area contributed by atoms with Gasteiger partial charge in [-0.1, -0.05) is 29.8 Å². The molecule has 0 N–H and O–H groups in total. The number of benzene rings is 1. The first-order chi connectivity index (χ1) is 9.63. The predicted octanol–water partition coefficient (Wildman–Crippen LogP) is 5.60. The molecule has 3 aromatic rings. The Morgan fingerprint density at radius 3 is 2.80 bits per heavy atom. The Morgan fingerprint density at radius 1 is 1.20 bits per heavy atom. The van der Waals surface area contributed by atoms with Crippen molar-refractivity contribution in [3.05, 3.63) is 51.1 Å². The predicted molar refractivity (Wildman–Crippen MR) is 88.2 cm³/mol. The molecule has 3 rings (SSSR count). The van der Waals surface area contributed by atoms with Crippen LogP contribution in [0.4, 0.5) is 0 Å². The Hall–Kier alpha value is -0.810. The Morgan fingerprint density at radius 2 is 2.00 bits per heavy atom. The van der Waals surface area contributed by atoms with Crippen LogP contribution in [0, 0.1) is 6.92 Å². The summed E-state index contributed by atoms with van der Waals surface area (Å²) >= 11 is 15.4. The van der Waals surface area contributed by atoms with Crippen LogP contribution in [0.1, 0.15) is 10.4 Å². The smallest absolute Gasteiger partial charge is 0.211 e. The minimum absolute atomic E-state index is 0.293. The maximum atomic E-state index is 6.17. The molecule has 0 radical (unpaired) electrons. The van der Waals surface area contributed by atoms with Crippen LogP contribution < -0.4 is 0 Å². The van der Waals surface area contributed by atoms with Crippen LogP contribution in [0.2, 0.25) is 10.3 Å². The summed E-state index contributed by atoms with van der Waals surface area (Å²) in [6.07, 6.45) is 0. The van der Waals surface area contributed by atoms with Gasteiger partial charge in [-0.15, -0.1) is 23.1 Å². The molecule has 102 valence electrons. The van der Waals surface area contributed by atoms with Crippen LogP contribution >= 0.6 is 46.3 Å². The number of aromatic nitrogens is 2. The normalized spacial score (nSPS) is 11.2. The van der Waals surface area contributed by atoms with Gasteiger partial charge in [-0.2, -0.15) is 0 Å². The molecule has 6 heteroatoms. The molecule has 20 heavy (non-hydrogen) atoms. The summed E-state index contributed by atoms with van der Waals surface area (Å²) < 4.78 is 0. The van der Waals surface area contributed by atoms with Crippen LogP contribution in [0.15, 0.2) is 35.4 Å². The molecule has 2 nitrogen and oxygen atoms in total. The summed E-state index contributed by atoms with van der Waals surface area (Å²) in [7, 11) is 0. The van der Waals surface area contributed by atoms with Gasteiger partial charge in [0.2, 0.25) is 5.28 Å². The number of aryl methyl sites for hydroxylation is 1. The van der Waals surface area contributed by atoms with Crippen LogP contribution in [0.5, 0.6) is 0 Å². The summed E-state index contributed by atoms with van der Waals surface area (Å²) in [6.45, 7) is 2.06. The highest BCUT2D eigenvalue weighted by molar-refractivity contribution is 7.98. The van der Waals surface area contributed by atoms with Gasteiger partial charge in [-0.3, -0.25) is 0 Å². The van der Waals surface area contributed by atoms with Crippen LogP contribution in [-0.2, 0) is 5.75 Å². The minimum atomic E-state index is 0.293. The van der Waals surface area contributed by atoms with Crippen molar-refractivity contribution < 1.29 is 0 Å². The standard InChI is InChI=1S/C14H10Cl2N2S2/c1-8-6-10-12(17-14(16)18-13(10)20-8)19-7-9-4-2-3-5-11(9)15/h2-6H,7H2,1H3. The van der Waals surface area contributed by atoms with E-state index in [1.807, 2.05) is 24.3 Å². The summed E-state index contributed by atoms with van der Waals surface area (Å²) in [6, 6.07) is 9.94. The monoisotopic (exact) mass is 340 g/mol. The average Bonchev–Trinajstić information content (AvgIpc) is 2.77. The van der Waals surface area contributed by atoms with Crippen LogP contribution in [0.25, 0.3) is 10.2 Å². The number of thiophene rings is 1. The number of halogens is 2. The van der Waals surface area contributed by atoms with Gasteiger partial charge < -0.3 is 0 Å². The quantitative estimate of drug-likeness (QED) is 0.352. The van der Waals surface area contributed by atoms with Gasteiger partial charge in [-0.25, -0.2) is 9.97 Å². The molecule has 0 atom stereocenters. The van der Waals surface area contributed by atoms with Gasteiger partial charge in [-0.05, 0) is 36.2 Å². The lowest BCUT2D eigenvalue weighted by Crippen LogP contribution is -1.88. The molecule has 0 amide bonds. The van der Waals surface area contributed by atoms with E-state index < -0.39 is 0 Å². The largest absolute Gasteiger partial charge is 0.224 e. The summed E-state index contributed by atoms with van der Waals surface area (Å²) in [5.41, 5.74) is 1.09. The van der Waals surface area contributed by atoms with Crippen molar-refractivity contribution >= 4 is 56.5 Å². The van der Waals surface area contributed by atoms with Gasteiger partial charge >= 0.3 is 0 Å². The number of thioether (sulfide) groups is 1. The van der Waals surface area contributed by atoms with E-state index in [0.29, 0.717) is 5.28 Å². The van der Waals surface area contributed by atoms with Crippen molar-refractivity contribution in [2.75, 3.05) is 0 Å². The average molecular weight is 341 g/mol. The molecule has 0 bridgehead atoms. The lowest BCUT2D eigenvalue weighted by molar-refractivity contribution is 1.11. The molecule has 0 saturated heterocycles. The second-order valence-corrected chi connectivity index (χ2v) is 7.20. The van der Waals surface area contributed by atoms with Crippen molar-refractivity contribution in [1.29, 1.82) is 0 Å². The highest BCUT2D eigenvalue weighted by Crippen LogP contribution is 2.34. The molecule has 2 aromatic heterocycles. The molecule has 0 spiro atoms. The molecule has 0 unspecified atom stereocenters. The van der Waals surface area contributed by atoms with E-state index in [2.05, 4.69) is 23.0 Å². The van der Waals surface area contributed by atoms with E-state index in [1.54, 1.807) is 23.1 Å². The van der Waals surface area contributed by atoms with E-state index in [9.17, 15) is 0 Å². The minimum Gasteiger partial charge on any atom is -0.211 e. The zero-order chi connectivity index (χ0) is 14.1. The number of hydrogen-bond donors (Lipinski definition) is 0. The Labute approximate surface area is 135 Å². The zero-order valence-corrected chi connectivity index (χ0v) is 13.7. The van der Waals surface area contributed by atoms with E-state index in [-0.39, 0.29) is 0 Å². The Bertz CT molecular complexity index is 771. The topological polar surface area (TPSA) is 25.8 Å². The molecule has 0 aliphatic heterocycles. The molecular formula is C14H10Cl2N2S2. The van der Waals surface area contributed by atoms with Gasteiger partial charge in [0.25, 0.3) is 0 Å². The van der Waals surface area contributed by atoms with E-state index >= 15 is 0 Å². The van der Waals surface area contributed by atoms with Gasteiger partial charge in [0.15, 0.2) is 0 Å². The Balaban J connectivity index is 1.93. The lowest BCUT2D eigenvalue weighted by atomic mass is 10.2. The molecule has 0 fully saturated rings. The molecule has 0 aliphatic carbocycles. The fourth-order valence-corrected chi connectivity index (χ4v) is 4.36.